The molecule has 1 N–H and O–H groups in total. The Balaban J connectivity index is 2.75. The normalized spacial score (nSPS) is 10.2. The number of amides is 1. The average Bonchev–Trinajstić information content (AvgIpc) is 2.79. The molecule has 5 heteroatoms. The Morgan fingerprint density at radius 1 is 1.29 bits per heavy atom. The van der Waals surface area contributed by atoms with Crippen LogP contribution in [0.2, 0.25) is 0 Å². The predicted octanol–water partition coefficient (Wildman–Crippen LogP) is 2.24. The van der Waals surface area contributed by atoms with Crippen LogP contribution in [-0.2, 0) is 0 Å². The standard InChI is InChI=1S/C12H17NO4/c1-3-5-8-13(4-2)11(14)9-6-7-10(17-9)12(15)16/h6-7H,3-5,8H2,1-2H3,(H,15,16). The number of nitrogens with zero attached hydrogens (tertiary/aromatic N) is 1. The molecule has 0 aliphatic rings. The zero-order valence-electron chi connectivity index (χ0n) is 10.1. The maximum absolute atomic E-state index is 12.0. The molecule has 0 aliphatic heterocycles. The summed E-state index contributed by atoms with van der Waals surface area (Å²) in [6, 6.07) is 2.70. The van der Waals surface area contributed by atoms with Gasteiger partial charge in [-0.3, -0.25) is 4.79 Å². The number of furan rings is 1. The molecule has 0 bridgehead atoms. The van der Waals surface area contributed by atoms with Gasteiger partial charge in [0.2, 0.25) is 5.76 Å². The zero-order chi connectivity index (χ0) is 12.8. The lowest BCUT2D eigenvalue weighted by molar-refractivity contribution is 0.0650. The van der Waals surface area contributed by atoms with Gasteiger partial charge in [0.05, 0.1) is 0 Å². The first-order valence-corrected chi connectivity index (χ1v) is 5.72. The lowest BCUT2D eigenvalue weighted by Gasteiger charge is -2.18. The van der Waals surface area contributed by atoms with Gasteiger partial charge in [0.1, 0.15) is 0 Å². The number of carbonyl (C=O) groups excluding carboxylic acids is 1. The van der Waals surface area contributed by atoms with Crippen molar-refractivity contribution >= 4 is 11.9 Å². The smallest absolute Gasteiger partial charge is 0.371 e. The Kier molecular flexibility index (Phi) is 4.75. The number of hydrogen-bond donors (Lipinski definition) is 1. The molecular formula is C12H17NO4. The Labute approximate surface area is 100 Å². The number of carboxylic acids is 1. The first-order valence-electron chi connectivity index (χ1n) is 5.72. The van der Waals surface area contributed by atoms with Crippen LogP contribution in [0.15, 0.2) is 16.5 Å². The molecule has 1 aromatic heterocycles. The maximum atomic E-state index is 12.0. The van der Waals surface area contributed by atoms with Crippen LogP contribution < -0.4 is 0 Å². The predicted molar refractivity (Wildman–Crippen MR) is 62.2 cm³/mol. The van der Waals surface area contributed by atoms with Crippen molar-refractivity contribution in [3.63, 3.8) is 0 Å². The SMILES string of the molecule is CCCCN(CC)C(=O)c1ccc(C(=O)O)o1. The second-order valence-corrected chi connectivity index (χ2v) is 3.71. The number of carbonyl (C=O) groups is 2. The highest BCUT2D eigenvalue weighted by atomic mass is 16.4. The Hall–Kier alpha value is -1.78. The number of rotatable bonds is 6. The van der Waals surface area contributed by atoms with E-state index in [-0.39, 0.29) is 17.4 Å². The van der Waals surface area contributed by atoms with Crippen molar-refractivity contribution in [1.82, 2.24) is 4.90 Å². The van der Waals surface area contributed by atoms with Crippen molar-refractivity contribution < 1.29 is 19.1 Å². The van der Waals surface area contributed by atoms with Crippen molar-refractivity contribution in [2.45, 2.75) is 26.7 Å². The van der Waals surface area contributed by atoms with Gasteiger partial charge < -0.3 is 14.4 Å². The summed E-state index contributed by atoms with van der Waals surface area (Å²) in [7, 11) is 0. The second-order valence-electron chi connectivity index (χ2n) is 3.71. The molecule has 17 heavy (non-hydrogen) atoms. The highest BCUT2D eigenvalue weighted by Gasteiger charge is 2.19. The summed E-state index contributed by atoms with van der Waals surface area (Å²) < 4.78 is 4.98. The van der Waals surface area contributed by atoms with E-state index in [4.69, 9.17) is 9.52 Å². The van der Waals surface area contributed by atoms with Crippen LogP contribution in [0, 0.1) is 0 Å². The third-order valence-electron chi connectivity index (χ3n) is 2.48. The van der Waals surface area contributed by atoms with Gasteiger partial charge in [0.25, 0.3) is 5.91 Å². The van der Waals surface area contributed by atoms with Gasteiger partial charge in [-0.15, -0.1) is 0 Å². The first-order chi connectivity index (χ1) is 8.10. The molecular weight excluding hydrogens is 222 g/mol. The molecule has 0 saturated carbocycles. The number of carboxylic acid groups (broad SMARTS) is 1. The van der Waals surface area contributed by atoms with E-state index < -0.39 is 5.97 Å². The van der Waals surface area contributed by atoms with E-state index in [9.17, 15) is 9.59 Å². The summed E-state index contributed by atoms with van der Waals surface area (Å²) in [6.45, 7) is 5.18. The van der Waals surface area contributed by atoms with Crippen LogP contribution in [0.4, 0.5) is 0 Å². The highest BCUT2D eigenvalue weighted by molar-refractivity contribution is 5.93. The van der Waals surface area contributed by atoms with E-state index >= 15 is 0 Å². The van der Waals surface area contributed by atoms with Crippen molar-refractivity contribution in [3.8, 4) is 0 Å². The summed E-state index contributed by atoms with van der Waals surface area (Å²) in [5.41, 5.74) is 0. The van der Waals surface area contributed by atoms with E-state index in [0.717, 1.165) is 12.8 Å². The van der Waals surface area contributed by atoms with Gasteiger partial charge in [-0.1, -0.05) is 13.3 Å². The molecule has 1 rings (SSSR count). The van der Waals surface area contributed by atoms with Crippen LogP contribution in [0.1, 0.15) is 47.8 Å². The van der Waals surface area contributed by atoms with E-state index in [1.165, 1.54) is 12.1 Å². The van der Waals surface area contributed by atoms with Crippen molar-refractivity contribution in [2.24, 2.45) is 0 Å². The molecule has 94 valence electrons. The molecule has 0 atom stereocenters. The minimum Gasteiger partial charge on any atom is -0.475 e. The first kappa shape index (κ1) is 13.3. The lowest BCUT2D eigenvalue weighted by Crippen LogP contribution is -2.31. The fourth-order valence-corrected chi connectivity index (χ4v) is 1.48. The third-order valence-corrected chi connectivity index (χ3v) is 2.48. The van der Waals surface area contributed by atoms with E-state index in [2.05, 4.69) is 0 Å². The van der Waals surface area contributed by atoms with E-state index in [1.807, 2.05) is 13.8 Å². The van der Waals surface area contributed by atoms with Crippen molar-refractivity contribution in [1.29, 1.82) is 0 Å². The molecule has 1 amide bonds. The highest BCUT2D eigenvalue weighted by Crippen LogP contribution is 2.11. The zero-order valence-corrected chi connectivity index (χ0v) is 10.1. The fourth-order valence-electron chi connectivity index (χ4n) is 1.48. The minimum absolute atomic E-state index is 0.0837. The molecule has 0 spiro atoms. The minimum atomic E-state index is -1.17. The lowest BCUT2D eigenvalue weighted by atomic mass is 10.3. The fraction of sp³-hybridized carbons (Fsp3) is 0.500. The molecule has 0 radical (unpaired) electrons. The maximum Gasteiger partial charge on any atom is 0.371 e. The Bertz CT molecular complexity index is 397. The number of aromatic carboxylic acids is 1. The van der Waals surface area contributed by atoms with E-state index in [0.29, 0.717) is 13.1 Å². The van der Waals surface area contributed by atoms with Gasteiger partial charge in [0.15, 0.2) is 5.76 Å². The third kappa shape index (κ3) is 3.34. The molecule has 0 aromatic carbocycles. The van der Waals surface area contributed by atoms with Crippen LogP contribution in [0.3, 0.4) is 0 Å². The second kappa shape index (κ2) is 6.08. The Morgan fingerprint density at radius 2 is 1.94 bits per heavy atom. The molecule has 0 unspecified atom stereocenters. The summed E-state index contributed by atoms with van der Waals surface area (Å²) in [4.78, 5) is 24.2. The molecule has 1 heterocycles. The molecule has 0 aliphatic carbocycles. The quantitative estimate of drug-likeness (QED) is 0.826. The number of hydrogen-bond acceptors (Lipinski definition) is 3. The van der Waals surface area contributed by atoms with Crippen LogP contribution in [-0.4, -0.2) is 35.0 Å². The molecule has 5 nitrogen and oxygen atoms in total. The Morgan fingerprint density at radius 3 is 2.41 bits per heavy atom. The largest absolute Gasteiger partial charge is 0.475 e. The summed E-state index contributed by atoms with van der Waals surface area (Å²) in [6.07, 6.45) is 1.92. The van der Waals surface area contributed by atoms with Gasteiger partial charge in [-0.2, -0.15) is 0 Å². The molecule has 1 aromatic rings. The number of unbranched alkanes of at least 4 members (excludes halogenated alkanes) is 1. The molecule has 0 saturated heterocycles. The topological polar surface area (TPSA) is 70.8 Å². The van der Waals surface area contributed by atoms with Gasteiger partial charge >= 0.3 is 5.97 Å². The van der Waals surface area contributed by atoms with Gasteiger partial charge in [-0.05, 0) is 25.5 Å². The van der Waals surface area contributed by atoms with Crippen molar-refractivity contribution in [3.05, 3.63) is 23.7 Å². The van der Waals surface area contributed by atoms with Crippen LogP contribution in [0.25, 0.3) is 0 Å². The molecule has 0 fully saturated rings. The van der Waals surface area contributed by atoms with Gasteiger partial charge in [0, 0.05) is 13.1 Å². The summed E-state index contributed by atoms with van der Waals surface area (Å²) in [5, 5.41) is 8.70. The van der Waals surface area contributed by atoms with Gasteiger partial charge in [-0.25, -0.2) is 4.79 Å². The van der Waals surface area contributed by atoms with Crippen LogP contribution in [0.5, 0.6) is 0 Å². The van der Waals surface area contributed by atoms with Crippen LogP contribution >= 0.6 is 0 Å². The van der Waals surface area contributed by atoms with E-state index in [1.54, 1.807) is 4.90 Å². The monoisotopic (exact) mass is 239 g/mol. The van der Waals surface area contributed by atoms with Crippen molar-refractivity contribution in [2.75, 3.05) is 13.1 Å². The average molecular weight is 239 g/mol. The summed E-state index contributed by atoms with van der Waals surface area (Å²) in [5.74, 6) is -1.55. The summed E-state index contributed by atoms with van der Waals surface area (Å²) >= 11 is 0.